The first-order chi connectivity index (χ1) is 8.36. The van der Waals surface area contributed by atoms with Gasteiger partial charge < -0.3 is 14.8 Å². The Balaban J connectivity index is 1.61. The molecule has 1 aliphatic rings. The van der Waals surface area contributed by atoms with Crippen molar-refractivity contribution in [1.82, 2.24) is 19.8 Å². The van der Waals surface area contributed by atoms with E-state index in [9.17, 15) is 0 Å². The summed E-state index contributed by atoms with van der Waals surface area (Å²) in [4.78, 5) is 6.88. The van der Waals surface area contributed by atoms with E-state index in [0.29, 0.717) is 0 Å². The average molecular weight is 236 g/mol. The van der Waals surface area contributed by atoms with Crippen LogP contribution in [0.4, 0.5) is 0 Å². The molecule has 0 aromatic carbocycles. The molecule has 1 fully saturated rings. The van der Waals surface area contributed by atoms with Gasteiger partial charge in [0, 0.05) is 32.5 Å². The number of hydrogen-bond donors (Lipinski definition) is 1. The molecule has 0 aliphatic carbocycles. The fraction of sp³-hybridized carbons (Fsp3) is 0.769. The van der Waals surface area contributed by atoms with Gasteiger partial charge in [0.15, 0.2) is 0 Å². The van der Waals surface area contributed by atoms with Crippen LogP contribution in [0, 0.1) is 0 Å². The second-order valence-corrected chi connectivity index (χ2v) is 4.89. The van der Waals surface area contributed by atoms with E-state index in [-0.39, 0.29) is 0 Å². The van der Waals surface area contributed by atoms with Crippen molar-refractivity contribution in [1.29, 1.82) is 0 Å². The van der Waals surface area contributed by atoms with Crippen molar-refractivity contribution in [2.75, 3.05) is 26.2 Å². The Bertz CT molecular complexity index is 313. The minimum atomic E-state index is 0.872. The van der Waals surface area contributed by atoms with Gasteiger partial charge in [-0.25, -0.2) is 4.98 Å². The van der Waals surface area contributed by atoms with Gasteiger partial charge in [-0.1, -0.05) is 12.8 Å². The van der Waals surface area contributed by atoms with Gasteiger partial charge in [-0.3, -0.25) is 0 Å². The number of imidazole rings is 1. The zero-order chi connectivity index (χ0) is 11.9. The van der Waals surface area contributed by atoms with Crippen LogP contribution in [0.1, 0.15) is 31.5 Å². The maximum absolute atomic E-state index is 4.30. The van der Waals surface area contributed by atoms with E-state index in [2.05, 4.69) is 19.8 Å². The molecule has 4 heteroatoms. The predicted octanol–water partition coefficient (Wildman–Crippen LogP) is 1.39. The highest BCUT2D eigenvalue weighted by molar-refractivity contribution is 4.90. The molecule has 0 atom stereocenters. The van der Waals surface area contributed by atoms with Gasteiger partial charge in [0.1, 0.15) is 5.82 Å². The van der Waals surface area contributed by atoms with Gasteiger partial charge in [-0.05, 0) is 25.9 Å². The third-order valence-electron chi connectivity index (χ3n) is 3.51. The van der Waals surface area contributed by atoms with Crippen LogP contribution in [-0.2, 0) is 13.6 Å². The molecule has 1 aromatic rings. The molecular weight excluding hydrogens is 212 g/mol. The maximum atomic E-state index is 4.30. The Morgan fingerprint density at radius 2 is 2.00 bits per heavy atom. The first-order valence-electron chi connectivity index (χ1n) is 6.75. The molecule has 0 unspecified atom stereocenters. The molecule has 1 N–H and O–H groups in total. The summed E-state index contributed by atoms with van der Waals surface area (Å²) in [6.07, 6.45) is 9.42. The van der Waals surface area contributed by atoms with Gasteiger partial charge >= 0.3 is 0 Å². The summed E-state index contributed by atoms with van der Waals surface area (Å²) in [5.74, 6) is 1.11. The molecular formula is C13H24N4. The van der Waals surface area contributed by atoms with E-state index in [1.807, 2.05) is 19.4 Å². The third kappa shape index (κ3) is 4.13. The van der Waals surface area contributed by atoms with Gasteiger partial charge in [0.2, 0.25) is 0 Å². The zero-order valence-corrected chi connectivity index (χ0v) is 10.9. The first kappa shape index (κ1) is 12.6. The van der Waals surface area contributed by atoms with Gasteiger partial charge in [0.25, 0.3) is 0 Å². The molecule has 1 aliphatic heterocycles. The number of likely N-dealkylation sites (tertiary alicyclic amines) is 1. The largest absolute Gasteiger partial charge is 0.337 e. The summed E-state index contributed by atoms with van der Waals surface area (Å²) in [5, 5.41) is 3.47. The Morgan fingerprint density at radius 3 is 2.65 bits per heavy atom. The van der Waals surface area contributed by atoms with Crippen molar-refractivity contribution < 1.29 is 0 Å². The molecule has 0 saturated carbocycles. The smallest absolute Gasteiger partial charge is 0.122 e. The Morgan fingerprint density at radius 1 is 1.24 bits per heavy atom. The number of aryl methyl sites for hydroxylation is 1. The minimum absolute atomic E-state index is 0.872. The fourth-order valence-corrected chi connectivity index (χ4v) is 2.36. The van der Waals surface area contributed by atoms with Crippen LogP contribution in [0.3, 0.4) is 0 Å². The standard InChI is InChI=1S/C13H24N4/c1-16-10-7-15-13(16)12-14-6-11-17-8-4-2-3-5-9-17/h7,10,14H,2-6,8-9,11-12H2,1H3. The molecule has 2 heterocycles. The monoisotopic (exact) mass is 236 g/mol. The summed E-state index contributed by atoms with van der Waals surface area (Å²) >= 11 is 0. The molecule has 1 aromatic heterocycles. The molecule has 1 saturated heterocycles. The lowest BCUT2D eigenvalue weighted by molar-refractivity contribution is 0.283. The lowest BCUT2D eigenvalue weighted by Crippen LogP contribution is -2.33. The van der Waals surface area contributed by atoms with Crippen LogP contribution in [-0.4, -0.2) is 40.6 Å². The molecule has 0 amide bonds. The van der Waals surface area contributed by atoms with Crippen molar-refractivity contribution in [2.24, 2.45) is 7.05 Å². The highest BCUT2D eigenvalue weighted by atomic mass is 15.1. The normalized spacial score (nSPS) is 18.2. The molecule has 17 heavy (non-hydrogen) atoms. The van der Waals surface area contributed by atoms with Crippen molar-refractivity contribution in [3.8, 4) is 0 Å². The molecule has 0 radical (unpaired) electrons. The summed E-state index contributed by atoms with van der Waals surface area (Å²) in [6.45, 7) is 5.67. The van der Waals surface area contributed by atoms with Crippen molar-refractivity contribution >= 4 is 0 Å². The lowest BCUT2D eigenvalue weighted by Gasteiger charge is -2.19. The van der Waals surface area contributed by atoms with E-state index in [0.717, 1.165) is 18.9 Å². The van der Waals surface area contributed by atoms with Gasteiger partial charge in [-0.15, -0.1) is 0 Å². The van der Waals surface area contributed by atoms with Crippen molar-refractivity contribution in [3.63, 3.8) is 0 Å². The lowest BCUT2D eigenvalue weighted by atomic mass is 10.2. The number of aromatic nitrogens is 2. The van der Waals surface area contributed by atoms with Gasteiger partial charge in [-0.2, -0.15) is 0 Å². The summed E-state index contributed by atoms with van der Waals surface area (Å²) in [5.41, 5.74) is 0. The SMILES string of the molecule is Cn1ccnc1CNCCN1CCCCCC1. The first-order valence-corrected chi connectivity index (χ1v) is 6.75. The van der Waals surface area contributed by atoms with E-state index in [1.54, 1.807) is 0 Å². The summed E-state index contributed by atoms with van der Waals surface area (Å²) in [6, 6.07) is 0. The molecule has 2 rings (SSSR count). The highest BCUT2D eigenvalue weighted by Gasteiger charge is 2.08. The number of rotatable bonds is 5. The molecule has 96 valence electrons. The minimum Gasteiger partial charge on any atom is -0.337 e. The molecule has 4 nitrogen and oxygen atoms in total. The van der Waals surface area contributed by atoms with Crippen molar-refractivity contribution in [3.05, 3.63) is 18.2 Å². The van der Waals surface area contributed by atoms with Crippen molar-refractivity contribution in [2.45, 2.75) is 32.2 Å². The Hall–Kier alpha value is -0.870. The third-order valence-corrected chi connectivity index (χ3v) is 3.51. The van der Waals surface area contributed by atoms with Crippen LogP contribution >= 0.6 is 0 Å². The molecule has 0 spiro atoms. The summed E-state index contributed by atoms with van der Waals surface area (Å²) < 4.78 is 2.07. The van der Waals surface area contributed by atoms with Gasteiger partial charge in [0.05, 0.1) is 6.54 Å². The quantitative estimate of drug-likeness (QED) is 0.784. The van der Waals surface area contributed by atoms with E-state index in [1.165, 1.54) is 45.3 Å². The predicted molar refractivity (Wildman–Crippen MR) is 69.8 cm³/mol. The Labute approximate surface area is 104 Å². The van der Waals surface area contributed by atoms with E-state index < -0.39 is 0 Å². The highest BCUT2D eigenvalue weighted by Crippen LogP contribution is 2.08. The average Bonchev–Trinajstić information content (AvgIpc) is 2.60. The van der Waals surface area contributed by atoms with Crippen LogP contribution in [0.15, 0.2) is 12.4 Å². The number of nitrogens with one attached hydrogen (secondary N) is 1. The topological polar surface area (TPSA) is 33.1 Å². The van der Waals surface area contributed by atoms with Crippen LogP contribution in [0.5, 0.6) is 0 Å². The number of hydrogen-bond acceptors (Lipinski definition) is 3. The Kier molecular flexibility index (Phi) is 5.01. The second-order valence-electron chi connectivity index (χ2n) is 4.89. The summed E-state index contributed by atoms with van der Waals surface area (Å²) in [7, 11) is 2.04. The number of nitrogens with zero attached hydrogens (tertiary/aromatic N) is 3. The van der Waals surface area contributed by atoms with Crippen LogP contribution in [0.25, 0.3) is 0 Å². The van der Waals surface area contributed by atoms with Crippen LogP contribution in [0.2, 0.25) is 0 Å². The van der Waals surface area contributed by atoms with E-state index in [4.69, 9.17) is 0 Å². The second kappa shape index (κ2) is 6.77. The molecule has 0 bridgehead atoms. The van der Waals surface area contributed by atoms with Crippen LogP contribution < -0.4 is 5.32 Å². The van der Waals surface area contributed by atoms with E-state index >= 15 is 0 Å². The zero-order valence-electron chi connectivity index (χ0n) is 10.9. The maximum Gasteiger partial charge on any atom is 0.122 e. The fourth-order valence-electron chi connectivity index (χ4n) is 2.36.